The van der Waals surface area contributed by atoms with Gasteiger partial charge >= 0.3 is 0 Å². The van der Waals surface area contributed by atoms with E-state index in [1.807, 2.05) is 18.4 Å². The molecule has 4 N–H and O–H groups in total. The molecular weight excluding hydrogens is 380 g/mol. The number of nitrogens with two attached hydrogens (primary N) is 2. The molecule has 4 heterocycles. The van der Waals surface area contributed by atoms with E-state index in [2.05, 4.69) is 24.9 Å². The van der Waals surface area contributed by atoms with Gasteiger partial charge < -0.3 is 20.8 Å². The number of aromatic nitrogens is 6. The monoisotopic (exact) mass is 408 g/mol. The number of fused-ring (bicyclic) bond motifs is 5. The SMILES string of the molecule is C1CC2CCC1C2.CC1(C)OCCn2c1nc1c(N)nc(-c3cnc(N)nc3)nc12. The largest absolute Gasteiger partial charge is 0.382 e. The summed E-state index contributed by atoms with van der Waals surface area (Å²) in [6, 6.07) is 0. The highest BCUT2D eigenvalue weighted by molar-refractivity contribution is 5.84. The number of imidazole rings is 1. The lowest BCUT2D eigenvalue weighted by Gasteiger charge is -2.30. The van der Waals surface area contributed by atoms with Gasteiger partial charge in [0.1, 0.15) is 11.4 Å². The van der Waals surface area contributed by atoms with Gasteiger partial charge in [0.25, 0.3) is 0 Å². The summed E-state index contributed by atoms with van der Waals surface area (Å²) in [5.41, 5.74) is 13.0. The van der Waals surface area contributed by atoms with Gasteiger partial charge in [-0.3, -0.25) is 0 Å². The Kier molecular flexibility index (Phi) is 4.57. The molecule has 2 fully saturated rings. The van der Waals surface area contributed by atoms with Crippen LogP contribution in [0.15, 0.2) is 12.4 Å². The number of hydrogen-bond acceptors (Lipinski definition) is 8. The van der Waals surface area contributed by atoms with Gasteiger partial charge in [-0.25, -0.2) is 24.9 Å². The van der Waals surface area contributed by atoms with Crippen molar-refractivity contribution in [3.05, 3.63) is 18.2 Å². The minimum Gasteiger partial charge on any atom is -0.382 e. The second-order valence-corrected chi connectivity index (χ2v) is 9.00. The Morgan fingerprint density at radius 2 is 1.67 bits per heavy atom. The summed E-state index contributed by atoms with van der Waals surface area (Å²) in [7, 11) is 0. The minimum absolute atomic E-state index is 0.198. The van der Waals surface area contributed by atoms with E-state index < -0.39 is 5.60 Å². The minimum atomic E-state index is -0.490. The van der Waals surface area contributed by atoms with E-state index in [4.69, 9.17) is 16.2 Å². The number of nitrogen functional groups attached to an aromatic ring is 2. The quantitative estimate of drug-likeness (QED) is 0.628. The van der Waals surface area contributed by atoms with Crippen LogP contribution < -0.4 is 11.5 Å². The lowest BCUT2D eigenvalue weighted by molar-refractivity contribution is -0.0530. The highest BCUT2D eigenvalue weighted by Crippen LogP contribution is 2.43. The van der Waals surface area contributed by atoms with E-state index in [9.17, 15) is 0 Å². The fourth-order valence-corrected chi connectivity index (χ4v) is 4.91. The Balaban J connectivity index is 0.000000230. The van der Waals surface area contributed by atoms with E-state index in [-0.39, 0.29) is 5.95 Å². The van der Waals surface area contributed by atoms with Crippen LogP contribution in [0.2, 0.25) is 0 Å². The zero-order chi connectivity index (χ0) is 20.9. The lowest BCUT2D eigenvalue weighted by Crippen LogP contribution is -2.33. The van der Waals surface area contributed by atoms with E-state index >= 15 is 0 Å². The summed E-state index contributed by atoms with van der Waals surface area (Å²) in [4.78, 5) is 21.5. The molecular formula is C21H28N8O. The van der Waals surface area contributed by atoms with E-state index in [0.29, 0.717) is 41.5 Å². The maximum atomic E-state index is 6.09. The zero-order valence-electron chi connectivity index (χ0n) is 17.5. The molecule has 3 aliphatic rings. The summed E-state index contributed by atoms with van der Waals surface area (Å²) < 4.78 is 7.81. The summed E-state index contributed by atoms with van der Waals surface area (Å²) in [5.74, 6) is 4.10. The molecule has 3 aromatic rings. The van der Waals surface area contributed by atoms with Gasteiger partial charge in [-0.1, -0.05) is 25.7 Å². The molecule has 0 atom stereocenters. The Morgan fingerprint density at radius 3 is 2.27 bits per heavy atom. The highest BCUT2D eigenvalue weighted by Gasteiger charge is 2.33. The molecule has 2 bridgehead atoms. The summed E-state index contributed by atoms with van der Waals surface area (Å²) in [6.45, 7) is 5.21. The van der Waals surface area contributed by atoms with E-state index in [0.717, 1.165) is 5.82 Å². The van der Waals surface area contributed by atoms with Crippen LogP contribution in [0, 0.1) is 11.8 Å². The molecule has 6 rings (SSSR count). The third-order valence-electron chi connectivity index (χ3n) is 6.50. The number of hydrogen-bond donors (Lipinski definition) is 2. The normalized spacial score (nSPS) is 23.8. The van der Waals surface area contributed by atoms with Crippen LogP contribution in [-0.2, 0) is 16.9 Å². The number of anilines is 2. The van der Waals surface area contributed by atoms with Crippen LogP contribution in [0.1, 0.15) is 51.8 Å². The second kappa shape index (κ2) is 7.16. The smallest absolute Gasteiger partial charge is 0.219 e. The first-order valence-corrected chi connectivity index (χ1v) is 10.7. The van der Waals surface area contributed by atoms with Gasteiger partial charge in [0.05, 0.1) is 12.2 Å². The van der Waals surface area contributed by atoms with Crippen LogP contribution >= 0.6 is 0 Å². The molecule has 158 valence electrons. The first kappa shape index (κ1) is 19.2. The Hall–Kier alpha value is -2.81. The average molecular weight is 409 g/mol. The maximum absolute atomic E-state index is 6.09. The van der Waals surface area contributed by atoms with Crippen molar-refractivity contribution < 1.29 is 4.74 Å². The van der Waals surface area contributed by atoms with Gasteiger partial charge in [-0.2, -0.15) is 0 Å². The predicted octanol–water partition coefficient (Wildman–Crippen LogP) is 2.91. The molecule has 2 aliphatic carbocycles. The molecule has 0 radical (unpaired) electrons. The van der Waals surface area contributed by atoms with Crippen LogP contribution in [-0.4, -0.2) is 36.1 Å². The van der Waals surface area contributed by atoms with Gasteiger partial charge in [-0.05, 0) is 32.1 Å². The molecule has 2 saturated carbocycles. The number of ether oxygens (including phenoxy) is 1. The first-order chi connectivity index (χ1) is 14.4. The van der Waals surface area contributed by atoms with Crippen molar-refractivity contribution >= 4 is 22.9 Å². The Labute approximate surface area is 175 Å². The molecule has 3 aromatic heterocycles. The summed E-state index contributed by atoms with van der Waals surface area (Å²) in [6.07, 6.45) is 11.0. The molecule has 9 heteroatoms. The topological polar surface area (TPSA) is 131 Å². The molecule has 0 saturated heterocycles. The Morgan fingerprint density at radius 1 is 1.00 bits per heavy atom. The van der Waals surface area contributed by atoms with Gasteiger partial charge in [0.2, 0.25) is 5.95 Å². The lowest BCUT2D eigenvalue weighted by atomic mass is 10.0. The van der Waals surface area contributed by atoms with Crippen molar-refractivity contribution in [1.82, 2.24) is 29.5 Å². The van der Waals surface area contributed by atoms with E-state index in [1.165, 1.54) is 11.8 Å². The molecule has 1 aliphatic heterocycles. The van der Waals surface area contributed by atoms with Crippen LogP contribution in [0.3, 0.4) is 0 Å². The Bertz CT molecular complexity index is 1060. The third-order valence-corrected chi connectivity index (χ3v) is 6.50. The van der Waals surface area contributed by atoms with Crippen molar-refractivity contribution in [2.45, 2.75) is 58.1 Å². The summed E-state index contributed by atoms with van der Waals surface area (Å²) in [5, 5.41) is 0. The van der Waals surface area contributed by atoms with E-state index in [1.54, 1.807) is 44.5 Å². The standard InChI is InChI=1S/C14H16N8O.C7H12/c1-14(2)12-19-8-9(15)20-10(7-5-17-13(16)18-6-7)21-11(8)22(12)3-4-23-14;1-2-7-4-3-6(1)5-7/h5-6H,3-4H2,1-2H3,(H2,15,20,21)(H2,16,17,18);6-7H,1-5H2. The summed E-state index contributed by atoms with van der Waals surface area (Å²) >= 11 is 0. The van der Waals surface area contributed by atoms with Gasteiger partial charge in [0.15, 0.2) is 22.8 Å². The van der Waals surface area contributed by atoms with Gasteiger partial charge in [0, 0.05) is 18.9 Å². The van der Waals surface area contributed by atoms with Crippen molar-refractivity contribution in [1.29, 1.82) is 0 Å². The second-order valence-electron chi connectivity index (χ2n) is 9.00. The van der Waals surface area contributed by atoms with Crippen LogP contribution in [0.5, 0.6) is 0 Å². The molecule has 9 nitrogen and oxygen atoms in total. The number of nitrogens with zero attached hydrogens (tertiary/aromatic N) is 6. The molecule has 0 spiro atoms. The van der Waals surface area contributed by atoms with Crippen LogP contribution in [0.25, 0.3) is 22.6 Å². The molecule has 0 amide bonds. The van der Waals surface area contributed by atoms with Crippen molar-refractivity contribution in [2.75, 3.05) is 18.1 Å². The third kappa shape index (κ3) is 3.36. The fourth-order valence-electron chi connectivity index (χ4n) is 4.91. The van der Waals surface area contributed by atoms with Crippen LogP contribution in [0.4, 0.5) is 11.8 Å². The fraction of sp³-hybridized carbons (Fsp3) is 0.571. The zero-order valence-corrected chi connectivity index (χ0v) is 17.5. The van der Waals surface area contributed by atoms with Crippen molar-refractivity contribution in [2.24, 2.45) is 11.8 Å². The molecule has 30 heavy (non-hydrogen) atoms. The molecule has 0 unspecified atom stereocenters. The first-order valence-electron chi connectivity index (χ1n) is 10.7. The predicted molar refractivity (Wildman–Crippen MR) is 114 cm³/mol. The van der Waals surface area contributed by atoms with Crippen molar-refractivity contribution in [3.8, 4) is 11.4 Å². The maximum Gasteiger partial charge on any atom is 0.219 e. The average Bonchev–Trinajstić information content (AvgIpc) is 3.45. The highest BCUT2D eigenvalue weighted by atomic mass is 16.5. The number of rotatable bonds is 1. The van der Waals surface area contributed by atoms with Gasteiger partial charge in [-0.15, -0.1) is 0 Å². The van der Waals surface area contributed by atoms with Crippen molar-refractivity contribution in [3.63, 3.8) is 0 Å². The molecule has 0 aromatic carbocycles.